The van der Waals surface area contributed by atoms with E-state index in [1.54, 1.807) is 0 Å². The van der Waals surface area contributed by atoms with Gasteiger partial charge in [-0.05, 0) is 61.1 Å². The predicted molar refractivity (Wildman–Crippen MR) is 110 cm³/mol. The molecule has 2 rings (SSSR count). The molecule has 2 nitrogen and oxygen atoms in total. The molecule has 0 bridgehead atoms. The van der Waals surface area contributed by atoms with Crippen molar-refractivity contribution in [2.75, 3.05) is 6.61 Å². The van der Waals surface area contributed by atoms with E-state index in [2.05, 4.69) is 36.7 Å². The number of unbranched alkanes of at least 4 members (excludes halogenated alkanes) is 5. The van der Waals surface area contributed by atoms with Gasteiger partial charge in [0.15, 0.2) is 0 Å². The van der Waals surface area contributed by atoms with Gasteiger partial charge in [-0.3, -0.25) is 0 Å². The molecular weight excluding hydrogens is 318 g/mol. The maximum Gasteiger partial charge on any atom is 0.119 e. The molecule has 1 heterocycles. The lowest BCUT2D eigenvalue weighted by Gasteiger charge is -2.05. The van der Waals surface area contributed by atoms with Gasteiger partial charge >= 0.3 is 0 Å². The van der Waals surface area contributed by atoms with E-state index >= 15 is 0 Å². The van der Waals surface area contributed by atoms with Crippen LogP contribution in [-0.4, -0.2) is 11.6 Å². The smallest absolute Gasteiger partial charge is 0.119 e. The van der Waals surface area contributed by atoms with Crippen molar-refractivity contribution >= 4 is 0 Å². The molecule has 0 radical (unpaired) electrons. The van der Waals surface area contributed by atoms with Gasteiger partial charge in [-0.25, -0.2) is 4.98 Å². The number of hydrogen-bond donors (Lipinski definition) is 0. The quantitative estimate of drug-likeness (QED) is 0.378. The van der Waals surface area contributed by atoms with Crippen molar-refractivity contribution in [3.63, 3.8) is 0 Å². The van der Waals surface area contributed by atoms with E-state index in [1.807, 2.05) is 36.5 Å². The van der Waals surface area contributed by atoms with Crippen molar-refractivity contribution in [1.82, 2.24) is 4.98 Å². The Balaban J connectivity index is 1.81. The molecule has 0 spiro atoms. The Morgan fingerprint density at radius 3 is 2.27 bits per heavy atom. The molecule has 0 aliphatic rings. The second-order valence-electron chi connectivity index (χ2n) is 6.69. The number of pyridine rings is 1. The van der Waals surface area contributed by atoms with Crippen molar-refractivity contribution in [2.45, 2.75) is 65.2 Å². The van der Waals surface area contributed by atoms with Crippen molar-refractivity contribution in [2.24, 2.45) is 0 Å². The first-order valence-corrected chi connectivity index (χ1v) is 10.0. The fourth-order valence-electron chi connectivity index (χ4n) is 2.71. The molecule has 26 heavy (non-hydrogen) atoms. The third-order valence-electron chi connectivity index (χ3n) is 4.35. The zero-order valence-corrected chi connectivity index (χ0v) is 16.3. The SMILES string of the molecule is CCCCCCOc1ccc(C#Cc2ccc(CCCCC)cn2)cc1. The van der Waals surface area contributed by atoms with Gasteiger partial charge in [0.25, 0.3) is 0 Å². The maximum atomic E-state index is 5.76. The topological polar surface area (TPSA) is 22.1 Å². The summed E-state index contributed by atoms with van der Waals surface area (Å²) in [6.07, 6.45) is 11.7. The van der Waals surface area contributed by atoms with Crippen LogP contribution < -0.4 is 4.74 Å². The number of rotatable bonds is 10. The summed E-state index contributed by atoms with van der Waals surface area (Å²) in [6.45, 7) is 5.24. The van der Waals surface area contributed by atoms with Crippen molar-refractivity contribution in [3.8, 4) is 17.6 Å². The number of hydrogen-bond acceptors (Lipinski definition) is 2. The largest absolute Gasteiger partial charge is 0.494 e. The average Bonchev–Trinajstić information content (AvgIpc) is 2.68. The molecule has 0 aliphatic heterocycles. The van der Waals surface area contributed by atoms with Crippen LogP contribution in [0.25, 0.3) is 0 Å². The Morgan fingerprint density at radius 2 is 1.58 bits per heavy atom. The Morgan fingerprint density at radius 1 is 0.808 bits per heavy atom. The first kappa shape index (κ1) is 20.0. The van der Waals surface area contributed by atoms with E-state index in [4.69, 9.17) is 4.74 Å². The van der Waals surface area contributed by atoms with Crippen molar-refractivity contribution < 1.29 is 4.74 Å². The van der Waals surface area contributed by atoms with Crippen LogP contribution in [0, 0.1) is 11.8 Å². The van der Waals surface area contributed by atoms with Crippen LogP contribution in [0.15, 0.2) is 42.6 Å². The van der Waals surface area contributed by atoms with Gasteiger partial charge in [0.2, 0.25) is 0 Å². The molecule has 1 aromatic carbocycles. The van der Waals surface area contributed by atoms with Gasteiger partial charge in [-0.2, -0.15) is 0 Å². The summed E-state index contributed by atoms with van der Waals surface area (Å²) < 4.78 is 5.76. The zero-order valence-electron chi connectivity index (χ0n) is 16.3. The van der Waals surface area contributed by atoms with Crippen LogP contribution >= 0.6 is 0 Å². The highest BCUT2D eigenvalue weighted by Crippen LogP contribution is 2.13. The fraction of sp³-hybridized carbons (Fsp3) is 0.458. The van der Waals surface area contributed by atoms with E-state index in [9.17, 15) is 0 Å². The monoisotopic (exact) mass is 349 g/mol. The first-order chi connectivity index (χ1) is 12.8. The Kier molecular flexibility index (Phi) is 9.36. The highest BCUT2D eigenvalue weighted by atomic mass is 16.5. The normalized spacial score (nSPS) is 10.2. The molecule has 0 atom stereocenters. The van der Waals surface area contributed by atoms with Crippen molar-refractivity contribution in [1.29, 1.82) is 0 Å². The van der Waals surface area contributed by atoms with Crippen LogP contribution in [-0.2, 0) is 6.42 Å². The molecule has 0 unspecified atom stereocenters. The van der Waals surface area contributed by atoms with Gasteiger partial charge < -0.3 is 4.74 Å². The molecule has 0 N–H and O–H groups in total. The second-order valence-corrected chi connectivity index (χ2v) is 6.69. The minimum Gasteiger partial charge on any atom is -0.494 e. The van der Waals surface area contributed by atoms with Crippen LogP contribution in [0.5, 0.6) is 5.75 Å². The molecule has 0 aliphatic carbocycles. The summed E-state index contributed by atoms with van der Waals surface area (Å²) in [4.78, 5) is 4.46. The van der Waals surface area contributed by atoms with Crippen molar-refractivity contribution in [3.05, 3.63) is 59.4 Å². The molecule has 2 heteroatoms. The number of benzene rings is 1. The van der Waals surface area contributed by atoms with E-state index in [-0.39, 0.29) is 0 Å². The van der Waals surface area contributed by atoms with Crippen LogP contribution in [0.4, 0.5) is 0 Å². The Bertz CT molecular complexity index is 677. The third kappa shape index (κ3) is 7.74. The predicted octanol–water partition coefficient (Wildman–Crippen LogP) is 6.17. The molecule has 0 fully saturated rings. The zero-order chi connectivity index (χ0) is 18.5. The fourth-order valence-corrected chi connectivity index (χ4v) is 2.71. The summed E-state index contributed by atoms with van der Waals surface area (Å²) >= 11 is 0. The number of aromatic nitrogens is 1. The lowest BCUT2D eigenvalue weighted by Crippen LogP contribution is -1.96. The Labute approximate surface area is 159 Å². The first-order valence-electron chi connectivity index (χ1n) is 10.0. The van der Waals surface area contributed by atoms with Crippen LogP contribution in [0.1, 0.15) is 75.6 Å². The van der Waals surface area contributed by atoms with Gasteiger partial charge in [0.05, 0.1) is 6.61 Å². The molecule has 2 aromatic rings. The van der Waals surface area contributed by atoms with Gasteiger partial charge in [0, 0.05) is 11.8 Å². The third-order valence-corrected chi connectivity index (χ3v) is 4.35. The summed E-state index contributed by atoms with van der Waals surface area (Å²) in [7, 11) is 0. The molecule has 0 amide bonds. The highest BCUT2D eigenvalue weighted by molar-refractivity contribution is 5.42. The number of nitrogens with zero attached hydrogens (tertiary/aromatic N) is 1. The lowest BCUT2D eigenvalue weighted by atomic mass is 10.1. The van der Waals surface area contributed by atoms with E-state index in [0.29, 0.717) is 0 Å². The molecule has 1 aromatic heterocycles. The van der Waals surface area contributed by atoms with Crippen LogP contribution in [0.2, 0.25) is 0 Å². The summed E-state index contributed by atoms with van der Waals surface area (Å²) in [5.74, 6) is 7.23. The molecule has 0 saturated heterocycles. The van der Waals surface area contributed by atoms with Gasteiger partial charge in [-0.1, -0.05) is 57.9 Å². The number of ether oxygens (including phenoxy) is 1. The van der Waals surface area contributed by atoms with E-state index < -0.39 is 0 Å². The maximum absolute atomic E-state index is 5.76. The van der Waals surface area contributed by atoms with E-state index in [0.717, 1.165) is 36.5 Å². The minimum atomic E-state index is 0.791. The number of aryl methyl sites for hydroxylation is 1. The molecule has 138 valence electrons. The highest BCUT2D eigenvalue weighted by Gasteiger charge is 1.96. The average molecular weight is 350 g/mol. The summed E-state index contributed by atoms with van der Waals surface area (Å²) in [6, 6.07) is 12.2. The summed E-state index contributed by atoms with van der Waals surface area (Å²) in [5, 5.41) is 0. The molecule has 0 saturated carbocycles. The van der Waals surface area contributed by atoms with E-state index in [1.165, 1.54) is 44.1 Å². The second kappa shape index (κ2) is 12.1. The minimum absolute atomic E-state index is 0.791. The lowest BCUT2D eigenvalue weighted by molar-refractivity contribution is 0.305. The summed E-state index contributed by atoms with van der Waals surface area (Å²) in [5.41, 5.74) is 3.10. The van der Waals surface area contributed by atoms with Gasteiger partial charge in [-0.15, -0.1) is 0 Å². The standard InChI is InChI=1S/C24H31NO/c1-3-5-7-9-19-26-24-17-13-21(14-18-24)11-15-23-16-12-22(20-25-23)10-8-6-4-2/h12-14,16-18,20H,3-10,19H2,1-2H3. The molecular formula is C24H31NO. The van der Waals surface area contributed by atoms with Gasteiger partial charge in [0.1, 0.15) is 11.4 Å². The van der Waals surface area contributed by atoms with Crippen LogP contribution in [0.3, 0.4) is 0 Å². The Hall–Kier alpha value is -2.27.